The molecule has 0 saturated heterocycles. The molecule has 0 radical (unpaired) electrons. The van der Waals surface area contributed by atoms with Gasteiger partial charge in [0.1, 0.15) is 0 Å². The zero-order valence-electron chi connectivity index (χ0n) is 10.7. The van der Waals surface area contributed by atoms with Crippen molar-refractivity contribution in [2.45, 2.75) is 44.7 Å². The summed E-state index contributed by atoms with van der Waals surface area (Å²) in [5.41, 5.74) is 0.866. The fourth-order valence-electron chi connectivity index (χ4n) is 2.32. The molecule has 1 aromatic carbocycles. The van der Waals surface area contributed by atoms with E-state index in [-0.39, 0.29) is 6.03 Å². The van der Waals surface area contributed by atoms with E-state index in [1.165, 1.54) is 19.3 Å². The highest BCUT2D eigenvalue weighted by Gasteiger charge is 2.15. The van der Waals surface area contributed by atoms with Gasteiger partial charge in [0, 0.05) is 22.6 Å². The Morgan fingerprint density at radius 2 is 1.95 bits per heavy atom. The predicted molar refractivity (Wildman–Crippen MR) is 78.7 cm³/mol. The Kier molecular flexibility index (Phi) is 5.34. The summed E-state index contributed by atoms with van der Waals surface area (Å²) in [7, 11) is 0. The van der Waals surface area contributed by atoms with Crippen molar-refractivity contribution >= 4 is 29.2 Å². The van der Waals surface area contributed by atoms with Crippen LogP contribution in [0.2, 0.25) is 10.0 Å². The molecule has 1 saturated carbocycles. The van der Waals surface area contributed by atoms with E-state index in [2.05, 4.69) is 10.6 Å². The maximum Gasteiger partial charge on any atom is 0.315 e. The van der Waals surface area contributed by atoms with Gasteiger partial charge in [-0.1, -0.05) is 48.5 Å². The Bertz CT molecular complexity index is 445. The van der Waals surface area contributed by atoms with E-state index in [4.69, 9.17) is 23.2 Å². The van der Waals surface area contributed by atoms with Gasteiger partial charge in [0.25, 0.3) is 0 Å². The molecule has 0 aromatic heterocycles. The minimum Gasteiger partial charge on any atom is -0.335 e. The van der Waals surface area contributed by atoms with E-state index in [1.807, 2.05) is 6.07 Å². The number of nitrogens with one attached hydrogen (secondary N) is 2. The average Bonchev–Trinajstić information content (AvgIpc) is 2.39. The van der Waals surface area contributed by atoms with Gasteiger partial charge in [-0.2, -0.15) is 0 Å². The second-order valence-electron chi connectivity index (χ2n) is 4.90. The summed E-state index contributed by atoms with van der Waals surface area (Å²) >= 11 is 11.9. The summed E-state index contributed by atoms with van der Waals surface area (Å²) in [5.74, 6) is 0. The van der Waals surface area contributed by atoms with Gasteiger partial charge in [-0.25, -0.2) is 4.79 Å². The van der Waals surface area contributed by atoms with Gasteiger partial charge >= 0.3 is 6.03 Å². The molecule has 2 amide bonds. The summed E-state index contributed by atoms with van der Waals surface area (Å²) < 4.78 is 0. The molecule has 1 fully saturated rings. The highest BCUT2D eigenvalue weighted by atomic mass is 35.5. The molecule has 1 aliphatic rings. The van der Waals surface area contributed by atoms with E-state index in [0.717, 1.165) is 18.4 Å². The molecule has 2 rings (SSSR count). The Morgan fingerprint density at radius 3 is 2.63 bits per heavy atom. The number of carbonyl (C=O) groups excluding carboxylic acids is 1. The molecule has 104 valence electrons. The first-order valence-corrected chi connectivity index (χ1v) is 7.39. The smallest absolute Gasteiger partial charge is 0.315 e. The van der Waals surface area contributed by atoms with E-state index in [0.29, 0.717) is 22.6 Å². The van der Waals surface area contributed by atoms with Gasteiger partial charge in [0.2, 0.25) is 0 Å². The maximum atomic E-state index is 11.8. The molecule has 2 N–H and O–H groups in total. The van der Waals surface area contributed by atoms with E-state index in [9.17, 15) is 4.79 Å². The summed E-state index contributed by atoms with van der Waals surface area (Å²) in [6, 6.07) is 5.46. The van der Waals surface area contributed by atoms with Crippen molar-refractivity contribution in [2.75, 3.05) is 0 Å². The minimum atomic E-state index is -0.127. The lowest BCUT2D eigenvalue weighted by Crippen LogP contribution is -2.42. The fourth-order valence-corrected chi connectivity index (χ4v) is 2.80. The summed E-state index contributed by atoms with van der Waals surface area (Å²) in [5, 5.41) is 7.00. The van der Waals surface area contributed by atoms with Gasteiger partial charge in [-0.15, -0.1) is 0 Å². The Labute approximate surface area is 123 Å². The quantitative estimate of drug-likeness (QED) is 0.866. The van der Waals surface area contributed by atoms with Crippen LogP contribution in [0.4, 0.5) is 4.79 Å². The number of hydrogen-bond acceptors (Lipinski definition) is 1. The van der Waals surface area contributed by atoms with Crippen LogP contribution in [-0.4, -0.2) is 12.1 Å². The molecule has 5 heteroatoms. The molecular weight excluding hydrogens is 283 g/mol. The number of amides is 2. The maximum absolute atomic E-state index is 11.8. The van der Waals surface area contributed by atoms with Gasteiger partial charge in [-0.05, 0) is 30.5 Å². The van der Waals surface area contributed by atoms with Crippen molar-refractivity contribution in [3.05, 3.63) is 33.8 Å². The SMILES string of the molecule is O=C(NCc1ccc(Cl)cc1Cl)NC1CCCCC1. The van der Waals surface area contributed by atoms with Gasteiger partial charge in [-0.3, -0.25) is 0 Å². The fraction of sp³-hybridized carbons (Fsp3) is 0.500. The van der Waals surface area contributed by atoms with Crippen molar-refractivity contribution in [1.82, 2.24) is 10.6 Å². The first kappa shape index (κ1) is 14.5. The monoisotopic (exact) mass is 300 g/mol. The van der Waals surface area contributed by atoms with Crippen LogP contribution in [0.1, 0.15) is 37.7 Å². The zero-order valence-corrected chi connectivity index (χ0v) is 12.2. The number of halogens is 2. The topological polar surface area (TPSA) is 41.1 Å². The van der Waals surface area contributed by atoms with Gasteiger partial charge in [0.15, 0.2) is 0 Å². The predicted octanol–water partition coefficient (Wildman–Crippen LogP) is 4.13. The summed E-state index contributed by atoms with van der Waals surface area (Å²) in [4.78, 5) is 11.8. The van der Waals surface area contributed by atoms with Crippen molar-refractivity contribution in [2.24, 2.45) is 0 Å². The number of rotatable bonds is 3. The highest BCUT2D eigenvalue weighted by molar-refractivity contribution is 6.35. The first-order chi connectivity index (χ1) is 9.15. The second-order valence-corrected chi connectivity index (χ2v) is 5.74. The lowest BCUT2D eigenvalue weighted by Gasteiger charge is -2.22. The van der Waals surface area contributed by atoms with Crippen LogP contribution in [0.3, 0.4) is 0 Å². The molecule has 0 aliphatic heterocycles. The van der Waals surface area contributed by atoms with Crippen LogP contribution < -0.4 is 10.6 Å². The van der Waals surface area contributed by atoms with Gasteiger partial charge in [0.05, 0.1) is 0 Å². The molecule has 0 spiro atoms. The molecule has 1 aromatic rings. The van der Waals surface area contributed by atoms with E-state index >= 15 is 0 Å². The minimum absolute atomic E-state index is 0.127. The molecule has 19 heavy (non-hydrogen) atoms. The van der Waals surface area contributed by atoms with Crippen LogP contribution in [0.5, 0.6) is 0 Å². The van der Waals surface area contributed by atoms with Crippen molar-refractivity contribution in [3.8, 4) is 0 Å². The molecule has 1 aliphatic carbocycles. The molecule has 0 unspecified atom stereocenters. The van der Waals surface area contributed by atoms with Crippen LogP contribution in [0, 0.1) is 0 Å². The Morgan fingerprint density at radius 1 is 1.21 bits per heavy atom. The van der Waals surface area contributed by atoms with Gasteiger partial charge < -0.3 is 10.6 Å². The summed E-state index contributed by atoms with van der Waals surface area (Å²) in [6.07, 6.45) is 5.84. The molecule has 0 heterocycles. The molecule has 0 bridgehead atoms. The third kappa shape index (κ3) is 4.59. The number of hydrogen-bond donors (Lipinski definition) is 2. The van der Waals surface area contributed by atoms with Crippen LogP contribution in [0.15, 0.2) is 18.2 Å². The average molecular weight is 301 g/mol. The van der Waals surface area contributed by atoms with Crippen LogP contribution >= 0.6 is 23.2 Å². The number of benzene rings is 1. The Hall–Kier alpha value is -0.930. The molecule has 3 nitrogen and oxygen atoms in total. The first-order valence-electron chi connectivity index (χ1n) is 6.63. The standard InChI is InChI=1S/C14H18Cl2N2O/c15-11-7-6-10(13(16)8-11)9-17-14(19)18-12-4-2-1-3-5-12/h6-8,12H,1-5,9H2,(H2,17,18,19). The molecular formula is C14H18Cl2N2O. The van der Waals surface area contributed by atoms with Crippen LogP contribution in [0.25, 0.3) is 0 Å². The number of carbonyl (C=O) groups is 1. The molecule has 0 atom stereocenters. The zero-order chi connectivity index (χ0) is 13.7. The third-order valence-electron chi connectivity index (χ3n) is 3.39. The third-order valence-corrected chi connectivity index (χ3v) is 3.98. The Balaban J connectivity index is 1.79. The highest BCUT2D eigenvalue weighted by Crippen LogP contribution is 2.21. The lowest BCUT2D eigenvalue weighted by molar-refractivity contribution is 0.232. The normalized spacial score (nSPS) is 16.1. The van der Waals surface area contributed by atoms with E-state index in [1.54, 1.807) is 12.1 Å². The van der Waals surface area contributed by atoms with Crippen LogP contribution in [-0.2, 0) is 6.54 Å². The van der Waals surface area contributed by atoms with Crippen molar-refractivity contribution in [3.63, 3.8) is 0 Å². The van der Waals surface area contributed by atoms with Crippen molar-refractivity contribution < 1.29 is 4.79 Å². The van der Waals surface area contributed by atoms with E-state index < -0.39 is 0 Å². The summed E-state index contributed by atoms with van der Waals surface area (Å²) in [6.45, 7) is 0.411. The number of urea groups is 1. The second kappa shape index (κ2) is 7.01. The largest absolute Gasteiger partial charge is 0.335 e. The van der Waals surface area contributed by atoms with Crippen molar-refractivity contribution in [1.29, 1.82) is 0 Å². The lowest BCUT2D eigenvalue weighted by atomic mass is 9.96.